The van der Waals surface area contributed by atoms with Crippen LogP contribution in [0.2, 0.25) is 0 Å². The van der Waals surface area contributed by atoms with E-state index < -0.39 is 5.41 Å². The molecule has 30 heavy (non-hydrogen) atoms. The summed E-state index contributed by atoms with van der Waals surface area (Å²) < 4.78 is 16.6. The molecule has 0 spiro atoms. The van der Waals surface area contributed by atoms with Crippen molar-refractivity contribution in [3.63, 3.8) is 0 Å². The van der Waals surface area contributed by atoms with E-state index >= 15 is 0 Å². The van der Waals surface area contributed by atoms with Crippen LogP contribution in [0.5, 0.6) is 11.5 Å². The first-order valence-corrected chi connectivity index (χ1v) is 10.4. The molecule has 156 valence electrons. The van der Waals surface area contributed by atoms with Crippen molar-refractivity contribution in [3.05, 3.63) is 66.2 Å². The standard InChI is InChI=1S/C25H27NO4/c1-3-30-23-13-12-22(20-6-4-5-7-21(20)23)26-24(27)25(14-16-29-17-15-25)18-8-10-19(28-2)11-9-18/h4-13H,3,14-17H2,1-2H3,(H,26,27). The number of rotatable bonds is 6. The molecule has 0 saturated carbocycles. The number of nitrogens with one attached hydrogen (secondary N) is 1. The fraction of sp³-hybridized carbons (Fsp3) is 0.320. The van der Waals surface area contributed by atoms with Crippen molar-refractivity contribution < 1.29 is 19.0 Å². The summed E-state index contributed by atoms with van der Waals surface area (Å²) in [6.45, 7) is 3.68. The summed E-state index contributed by atoms with van der Waals surface area (Å²) in [5.41, 5.74) is 1.14. The van der Waals surface area contributed by atoms with E-state index in [0.29, 0.717) is 32.7 Å². The average molecular weight is 405 g/mol. The highest BCUT2D eigenvalue weighted by Crippen LogP contribution is 2.38. The first-order chi connectivity index (χ1) is 14.7. The van der Waals surface area contributed by atoms with Gasteiger partial charge in [-0.25, -0.2) is 0 Å². The van der Waals surface area contributed by atoms with Crippen LogP contribution in [-0.2, 0) is 14.9 Å². The minimum absolute atomic E-state index is 0.00900. The molecule has 3 aromatic carbocycles. The van der Waals surface area contributed by atoms with E-state index in [-0.39, 0.29) is 5.91 Å². The third kappa shape index (κ3) is 3.73. The zero-order chi connectivity index (χ0) is 21.0. The molecule has 1 amide bonds. The number of methoxy groups -OCH3 is 1. The van der Waals surface area contributed by atoms with Crippen LogP contribution in [0, 0.1) is 0 Å². The Morgan fingerprint density at radius 1 is 1.00 bits per heavy atom. The summed E-state index contributed by atoms with van der Waals surface area (Å²) in [5.74, 6) is 1.59. The summed E-state index contributed by atoms with van der Waals surface area (Å²) in [5, 5.41) is 5.17. The summed E-state index contributed by atoms with van der Waals surface area (Å²) in [7, 11) is 1.64. The lowest BCUT2D eigenvalue weighted by Gasteiger charge is -2.36. The Morgan fingerprint density at radius 2 is 1.70 bits per heavy atom. The number of carbonyl (C=O) groups excluding carboxylic acids is 1. The molecule has 1 fully saturated rings. The van der Waals surface area contributed by atoms with Crippen molar-refractivity contribution in [3.8, 4) is 11.5 Å². The molecular formula is C25H27NO4. The van der Waals surface area contributed by atoms with Crippen LogP contribution < -0.4 is 14.8 Å². The lowest BCUT2D eigenvalue weighted by Crippen LogP contribution is -2.44. The molecule has 4 rings (SSSR count). The maximum Gasteiger partial charge on any atom is 0.235 e. The SMILES string of the molecule is CCOc1ccc(NC(=O)C2(c3ccc(OC)cc3)CCOCC2)c2ccccc12. The fourth-order valence-electron chi connectivity index (χ4n) is 4.18. The largest absolute Gasteiger partial charge is 0.497 e. The minimum Gasteiger partial charge on any atom is -0.497 e. The normalized spacial score (nSPS) is 15.5. The number of hydrogen-bond acceptors (Lipinski definition) is 4. The molecule has 0 bridgehead atoms. The van der Waals surface area contributed by atoms with Gasteiger partial charge in [0.05, 0.1) is 19.1 Å². The summed E-state index contributed by atoms with van der Waals surface area (Å²) in [6, 6.07) is 19.6. The van der Waals surface area contributed by atoms with Gasteiger partial charge in [0.1, 0.15) is 11.5 Å². The van der Waals surface area contributed by atoms with Gasteiger partial charge in [0.15, 0.2) is 0 Å². The first kappa shape index (κ1) is 20.2. The van der Waals surface area contributed by atoms with Gasteiger partial charge in [-0.15, -0.1) is 0 Å². The van der Waals surface area contributed by atoms with E-state index in [2.05, 4.69) is 5.32 Å². The second kappa shape index (κ2) is 8.76. The van der Waals surface area contributed by atoms with Crippen molar-refractivity contribution in [1.82, 2.24) is 0 Å². The molecule has 1 aliphatic heterocycles. The molecule has 5 nitrogen and oxygen atoms in total. The molecule has 0 atom stereocenters. The van der Waals surface area contributed by atoms with Gasteiger partial charge < -0.3 is 19.5 Å². The van der Waals surface area contributed by atoms with Crippen molar-refractivity contribution in [2.45, 2.75) is 25.2 Å². The third-order valence-corrected chi connectivity index (χ3v) is 5.86. The predicted molar refractivity (Wildman–Crippen MR) is 118 cm³/mol. The molecule has 1 N–H and O–H groups in total. The molecule has 0 unspecified atom stereocenters. The van der Waals surface area contributed by atoms with Crippen molar-refractivity contribution >= 4 is 22.4 Å². The van der Waals surface area contributed by atoms with Crippen LogP contribution in [0.15, 0.2) is 60.7 Å². The number of hydrogen-bond donors (Lipinski definition) is 1. The molecule has 1 heterocycles. The van der Waals surface area contributed by atoms with E-state index in [4.69, 9.17) is 14.2 Å². The van der Waals surface area contributed by atoms with Crippen LogP contribution >= 0.6 is 0 Å². The molecule has 1 saturated heterocycles. The number of amides is 1. The fourth-order valence-corrected chi connectivity index (χ4v) is 4.18. The van der Waals surface area contributed by atoms with E-state index in [1.54, 1.807) is 7.11 Å². The molecule has 1 aliphatic rings. The Balaban J connectivity index is 1.70. The maximum atomic E-state index is 13.7. The number of benzene rings is 3. The van der Waals surface area contributed by atoms with Gasteiger partial charge >= 0.3 is 0 Å². The van der Waals surface area contributed by atoms with Gasteiger partial charge in [-0.3, -0.25) is 4.79 Å². The van der Waals surface area contributed by atoms with E-state index in [1.165, 1.54) is 0 Å². The third-order valence-electron chi connectivity index (χ3n) is 5.86. The zero-order valence-electron chi connectivity index (χ0n) is 17.4. The van der Waals surface area contributed by atoms with Gasteiger partial charge in [-0.2, -0.15) is 0 Å². The van der Waals surface area contributed by atoms with Crippen molar-refractivity contribution in [2.75, 3.05) is 32.2 Å². The Bertz CT molecular complexity index is 1020. The van der Waals surface area contributed by atoms with Crippen molar-refractivity contribution in [2.24, 2.45) is 0 Å². The molecule has 3 aromatic rings. The highest BCUT2D eigenvalue weighted by Gasteiger charge is 2.42. The van der Waals surface area contributed by atoms with E-state index in [0.717, 1.165) is 33.5 Å². The van der Waals surface area contributed by atoms with Gasteiger partial charge in [-0.05, 0) is 49.6 Å². The highest BCUT2D eigenvalue weighted by molar-refractivity contribution is 6.07. The highest BCUT2D eigenvalue weighted by atomic mass is 16.5. The van der Waals surface area contributed by atoms with Gasteiger partial charge in [0.25, 0.3) is 0 Å². The quantitative estimate of drug-likeness (QED) is 0.632. The zero-order valence-corrected chi connectivity index (χ0v) is 17.4. The molecule has 0 aliphatic carbocycles. The lowest BCUT2D eigenvalue weighted by atomic mass is 9.73. The summed E-state index contributed by atoms with van der Waals surface area (Å²) in [4.78, 5) is 13.7. The van der Waals surface area contributed by atoms with Crippen LogP contribution in [-0.4, -0.2) is 32.8 Å². The topological polar surface area (TPSA) is 56.8 Å². The molecular weight excluding hydrogens is 378 g/mol. The first-order valence-electron chi connectivity index (χ1n) is 10.4. The Kier molecular flexibility index (Phi) is 5.91. The van der Waals surface area contributed by atoms with Crippen LogP contribution in [0.25, 0.3) is 10.8 Å². The second-order valence-electron chi connectivity index (χ2n) is 7.47. The molecule has 0 aromatic heterocycles. The van der Waals surface area contributed by atoms with E-state index in [1.807, 2.05) is 67.6 Å². The minimum atomic E-state index is -0.635. The molecule has 0 radical (unpaired) electrons. The monoisotopic (exact) mass is 405 g/mol. The predicted octanol–water partition coefficient (Wildman–Crippen LogP) is 4.93. The summed E-state index contributed by atoms with van der Waals surface area (Å²) >= 11 is 0. The Morgan fingerprint density at radius 3 is 2.37 bits per heavy atom. The smallest absolute Gasteiger partial charge is 0.235 e. The number of ether oxygens (including phenoxy) is 3. The Labute approximate surface area is 177 Å². The van der Waals surface area contributed by atoms with Crippen LogP contribution in [0.3, 0.4) is 0 Å². The van der Waals surface area contributed by atoms with Gasteiger partial charge in [-0.1, -0.05) is 36.4 Å². The van der Waals surface area contributed by atoms with Crippen molar-refractivity contribution in [1.29, 1.82) is 0 Å². The van der Waals surface area contributed by atoms with Gasteiger partial charge in [0.2, 0.25) is 5.91 Å². The molecule has 5 heteroatoms. The van der Waals surface area contributed by atoms with Crippen LogP contribution in [0.4, 0.5) is 5.69 Å². The number of fused-ring (bicyclic) bond motifs is 1. The Hall–Kier alpha value is -3.05. The maximum absolute atomic E-state index is 13.7. The summed E-state index contributed by atoms with van der Waals surface area (Å²) in [6.07, 6.45) is 1.28. The second-order valence-corrected chi connectivity index (χ2v) is 7.47. The van der Waals surface area contributed by atoms with Crippen LogP contribution in [0.1, 0.15) is 25.3 Å². The number of anilines is 1. The lowest BCUT2D eigenvalue weighted by molar-refractivity contribution is -0.125. The van der Waals surface area contributed by atoms with E-state index in [9.17, 15) is 4.79 Å². The number of carbonyl (C=O) groups is 1. The van der Waals surface area contributed by atoms with Gasteiger partial charge in [0, 0.05) is 29.7 Å². The average Bonchev–Trinajstić information content (AvgIpc) is 2.81.